The third-order valence-corrected chi connectivity index (χ3v) is 3.21. The SMILES string of the molecule is Cc1cc(C#N)nc(N(CCO)CC2CCCN2)n1. The number of anilines is 1. The van der Waals surface area contributed by atoms with Gasteiger partial charge in [0.05, 0.1) is 6.61 Å². The molecule has 1 fully saturated rings. The highest BCUT2D eigenvalue weighted by Crippen LogP contribution is 2.13. The highest BCUT2D eigenvalue weighted by atomic mass is 16.3. The molecule has 1 unspecified atom stereocenters. The molecule has 2 heterocycles. The minimum absolute atomic E-state index is 0.0475. The minimum atomic E-state index is 0.0475. The Morgan fingerprint density at radius 1 is 1.58 bits per heavy atom. The zero-order chi connectivity index (χ0) is 13.7. The first-order chi connectivity index (χ1) is 9.22. The predicted molar refractivity (Wildman–Crippen MR) is 71.8 cm³/mol. The Morgan fingerprint density at radius 3 is 3.05 bits per heavy atom. The zero-order valence-corrected chi connectivity index (χ0v) is 11.1. The van der Waals surface area contributed by atoms with Crippen LogP contribution in [-0.2, 0) is 0 Å². The lowest BCUT2D eigenvalue weighted by atomic mass is 10.2. The van der Waals surface area contributed by atoms with Crippen LogP contribution in [0, 0.1) is 18.3 Å². The molecular formula is C13H19N5O. The summed E-state index contributed by atoms with van der Waals surface area (Å²) in [4.78, 5) is 10.5. The molecule has 1 atom stereocenters. The van der Waals surface area contributed by atoms with Crippen LogP contribution in [0.3, 0.4) is 0 Å². The summed E-state index contributed by atoms with van der Waals surface area (Å²) in [6, 6.07) is 4.11. The molecule has 2 N–H and O–H groups in total. The summed E-state index contributed by atoms with van der Waals surface area (Å²) >= 11 is 0. The fraction of sp³-hybridized carbons (Fsp3) is 0.615. The van der Waals surface area contributed by atoms with Crippen molar-refractivity contribution in [1.82, 2.24) is 15.3 Å². The third-order valence-electron chi connectivity index (χ3n) is 3.21. The van der Waals surface area contributed by atoms with E-state index in [1.165, 1.54) is 6.42 Å². The van der Waals surface area contributed by atoms with Crippen LogP contribution >= 0.6 is 0 Å². The topological polar surface area (TPSA) is 85.1 Å². The lowest BCUT2D eigenvalue weighted by Crippen LogP contribution is -2.40. The van der Waals surface area contributed by atoms with Gasteiger partial charge < -0.3 is 15.3 Å². The Labute approximate surface area is 113 Å². The number of nitrogens with zero attached hydrogens (tertiary/aromatic N) is 4. The van der Waals surface area contributed by atoms with Gasteiger partial charge in [-0.15, -0.1) is 0 Å². The molecule has 1 aliphatic heterocycles. The van der Waals surface area contributed by atoms with Gasteiger partial charge in [0.1, 0.15) is 11.8 Å². The van der Waals surface area contributed by atoms with E-state index in [9.17, 15) is 5.11 Å². The van der Waals surface area contributed by atoms with Gasteiger partial charge in [-0.2, -0.15) is 5.26 Å². The van der Waals surface area contributed by atoms with Gasteiger partial charge in [0.25, 0.3) is 0 Å². The zero-order valence-electron chi connectivity index (χ0n) is 11.1. The maximum absolute atomic E-state index is 9.19. The molecule has 6 nitrogen and oxygen atoms in total. The van der Waals surface area contributed by atoms with Crippen molar-refractivity contribution >= 4 is 5.95 Å². The maximum Gasteiger partial charge on any atom is 0.226 e. The average Bonchev–Trinajstić information content (AvgIpc) is 2.90. The van der Waals surface area contributed by atoms with Crippen molar-refractivity contribution < 1.29 is 5.11 Å². The van der Waals surface area contributed by atoms with Crippen LogP contribution in [0.1, 0.15) is 24.2 Å². The molecule has 1 aromatic heterocycles. The first kappa shape index (κ1) is 13.7. The summed E-state index contributed by atoms with van der Waals surface area (Å²) in [7, 11) is 0. The largest absolute Gasteiger partial charge is 0.395 e. The van der Waals surface area contributed by atoms with Gasteiger partial charge in [-0.25, -0.2) is 9.97 Å². The lowest BCUT2D eigenvalue weighted by molar-refractivity contribution is 0.299. The van der Waals surface area contributed by atoms with E-state index in [2.05, 4.69) is 15.3 Å². The number of aryl methyl sites for hydroxylation is 1. The van der Waals surface area contributed by atoms with Crippen LogP contribution in [-0.4, -0.2) is 47.4 Å². The average molecular weight is 261 g/mol. The first-order valence-corrected chi connectivity index (χ1v) is 6.58. The molecule has 1 aliphatic rings. The summed E-state index contributed by atoms with van der Waals surface area (Å²) < 4.78 is 0. The standard InChI is InChI=1S/C13H19N5O/c1-10-7-12(8-14)17-13(16-10)18(5-6-19)9-11-3-2-4-15-11/h7,11,15,19H,2-6,9H2,1H3. The van der Waals surface area contributed by atoms with Gasteiger partial charge in [-0.05, 0) is 32.4 Å². The van der Waals surface area contributed by atoms with Crippen molar-refractivity contribution in [3.63, 3.8) is 0 Å². The number of aliphatic hydroxyl groups excluding tert-OH is 1. The molecule has 2 rings (SSSR count). The fourth-order valence-corrected chi connectivity index (χ4v) is 2.32. The fourth-order valence-electron chi connectivity index (χ4n) is 2.32. The Kier molecular flexibility index (Phi) is 4.66. The van der Waals surface area contributed by atoms with Gasteiger partial charge in [-0.1, -0.05) is 0 Å². The molecule has 0 amide bonds. The van der Waals surface area contributed by atoms with E-state index in [1.807, 2.05) is 17.9 Å². The molecule has 0 aliphatic carbocycles. The van der Waals surface area contributed by atoms with Crippen molar-refractivity contribution in [1.29, 1.82) is 5.26 Å². The molecule has 102 valence electrons. The minimum Gasteiger partial charge on any atom is -0.395 e. The lowest BCUT2D eigenvalue weighted by Gasteiger charge is -2.25. The van der Waals surface area contributed by atoms with E-state index in [0.717, 1.165) is 25.2 Å². The Balaban J connectivity index is 2.17. The smallest absolute Gasteiger partial charge is 0.226 e. The number of aromatic nitrogens is 2. The molecule has 0 saturated carbocycles. The molecule has 1 saturated heterocycles. The second-order valence-corrected chi connectivity index (χ2v) is 4.77. The summed E-state index contributed by atoms with van der Waals surface area (Å²) in [6.45, 7) is 4.17. The third kappa shape index (κ3) is 3.63. The Hall–Kier alpha value is -1.71. The van der Waals surface area contributed by atoms with E-state index >= 15 is 0 Å². The normalized spacial score (nSPS) is 18.3. The van der Waals surface area contributed by atoms with Crippen molar-refractivity contribution in [2.45, 2.75) is 25.8 Å². The van der Waals surface area contributed by atoms with Gasteiger partial charge in [-0.3, -0.25) is 0 Å². The number of nitriles is 1. The Bertz CT molecular complexity index is 465. The maximum atomic E-state index is 9.19. The van der Waals surface area contributed by atoms with Crippen molar-refractivity contribution in [2.24, 2.45) is 0 Å². The highest BCUT2D eigenvalue weighted by Gasteiger charge is 2.20. The summed E-state index contributed by atoms with van der Waals surface area (Å²) in [5.74, 6) is 0.527. The number of nitrogens with one attached hydrogen (secondary N) is 1. The van der Waals surface area contributed by atoms with Crippen LogP contribution < -0.4 is 10.2 Å². The number of hydrogen-bond acceptors (Lipinski definition) is 6. The summed E-state index contributed by atoms with van der Waals surface area (Å²) in [5.41, 5.74) is 1.13. The molecule has 0 bridgehead atoms. The van der Waals surface area contributed by atoms with Crippen molar-refractivity contribution in [3.8, 4) is 6.07 Å². The predicted octanol–water partition coefficient (Wildman–Crippen LogP) is 0.207. The van der Waals surface area contributed by atoms with Crippen LogP contribution in [0.25, 0.3) is 0 Å². The van der Waals surface area contributed by atoms with Gasteiger partial charge in [0.15, 0.2) is 0 Å². The van der Waals surface area contributed by atoms with Gasteiger partial charge in [0, 0.05) is 24.8 Å². The van der Waals surface area contributed by atoms with E-state index in [4.69, 9.17) is 5.26 Å². The number of aliphatic hydroxyl groups is 1. The summed E-state index contributed by atoms with van der Waals surface area (Å²) in [5, 5.41) is 21.6. The van der Waals surface area contributed by atoms with E-state index in [-0.39, 0.29) is 6.61 Å². The van der Waals surface area contributed by atoms with Gasteiger partial charge >= 0.3 is 0 Å². The van der Waals surface area contributed by atoms with Crippen molar-refractivity contribution in [3.05, 3.63) is 17.5 Å². The molecule has 0 radical (unpaired) electrons. The molecular weight excluding hydrogens is 242 g/mol. The summed E-state index contributed by atoms with van der Waals surface area (Å²) in [6.07, 6.45) is 2.30. The van der Waals surface area contributed by atoms with E-state index < -0.39 is 0 Å². The molecule has 6 heteroatoms. The molecule has 0 spiro atoms. The number of rotatable bonds is 5. The van der Waals surface area contributed by atoms with Crippen LogP contribution in [0.4, 0.5) is 5.95 Å². The second kappa shape index (κ2) is 6.45. The first-order valence-electron chi connectivity index (χ1n) is 6.58. The Morgan fingerprint density at radius 2 is 2.42 bits per heavy atom. The second-order valence-electron chi connectivity index (χ2n) is 4.77. The van der Waals surface area contributed by atoms with Crippen LogP contribution in [0.2, 0.25) is 0 Å². The molecule has 19 heavy (non-hydrogen) atoms. The van der Waals surface area contributed by atoms with Crippen LogP contribution in [0.15, 0.2) is 6.07 Å². The van der Waals surface area contributed by atoms with Gasteiger partial charge in [0.2, 0.25) is 5.95 Å². The van der Waals surface area contributed by atoms with Crippen molar-refractivity contribution in [2.75, 3.05) is 31.1 Å². The highest BCUT2D eigenvalue weighted by molar-refractivity contribution is 5.36. The van der Waals surface area contributed by atoms with E-state index in [0.29, 0.717) is 24.2 Å². The monoisotopic (exact) mass is 261 g/mol. The van der Waals surface area contributed by atoms with Crippen LogP contribution in [0.5, 0.6) is 0 Å². The molecule has 1 aromatic rings. The quantitative estimate of drug-likeness (QED) is 0.788. The molecule has 0 aromatic carbocycles. The number of hydrogen-bond donors (Lipinski definition) is 2. The van der Waals surface area contributed by atoms with E-state index in [1.54, 1.807) is 6.07 Å².